The molecule has 1 rings (SSSR count). The Morgan fingerprint density at radius 1 is 0.821 bits per heavy atom. The summed E-state index contributed by atoms with van der Waals surface area (Å²) >= 11 is 0. The molecule has 0 unspecified atom stereocenters. The highest BCUT2D eigenvalue weighted by atomic mass is 19.2. The highest BCUT2D eigenvalue weighted by Gasteiger charge is 2.25. The first-order valence-corrected chi connectivity index (χ1v) is 12.8. The summed E-state index contributed by atoms with van der Waals surface area (Å²) in [6.45, 7) is 13.0. The van der Waals surface area contributed by atoms with Gasteiger partial charge < -0.3 is 24.8 Å². The zero-order valence-corrected chi connectivity index (χ0v) is 23.5. The number of amides is 2. The first-order chi connectivity index (χ1) is 18.0. The van der Waals surface area contributed by atoms with Crippen molar-refractivity contribution in [2.24, 2.45) is 10.8 Å². The predicted octanol–water partition coefficient (Wildman–Crippen LogP) is 4.44. The van der Waals surface area contributed by atoms with Gasteiger partial charge in [0.05, 0.1) is 19.3 Å². The fraction of sp³-hybridized carbons (Fsp3) is 0.667. The first kappa shape index (κ1) is 34.3. The Bertz CT molecular complexity index is 959. The van der Waals surface area contributed by atoms with E-state index in [2.05, 4.69) is 15.4 Å². The number of benzene rings is 1. The van der Waals surface area contributed by atoms with Gasteiger partial charge in [-0.3, -0.25) is 14.4 Å². The van der Waals surface area contributed by atoms with Crippen LogP contribution in [0, 0.1) is 34.1 Å². The molecule has 0 fully saturated rings. The normalized spacial score (nSPS) is 12.0. The van der Waals surface area contributed by atoms with Gasteiger partial charge in [-0.15, -0.1) is 0 Å². The van der Waals surface area contributed by atoms with Crippen LogP contribution in [-0.2, 0) is 23.9 Å². The Balaban J connectivity index is 2.29. The standard InChI is InChI=1S/C27H40F4N2O6/c1-17(2)38-12-21(35)33-14-27(5,6)16-37-15-26(3,4)13-32-20(34)9-7-8-10-22(36)39-25-23(30)18(28)11-19(29)24(25)31/h11,17H,7-10,12-16H2,1-6H3,(H,32,34)(H,33,35). The molecule has 0 spiro atoms. The van der Waals surface area contributed by atoms with Gasteiger partial charge in [0, 0.05) is 42.8 Å². The predicted molar refractivity (Wildman–Crippen MR) is 136 cm³/mol. The van der Waals surface area contributed by atoms with Gasteiger partial charge in [-0.2, -0.15) is 8.78 Å². The molecule has 222 valence electrons. The van der Waals surface area contributed by atoms with Crippen molar-refractivity contribution < 1.29 is 46.2 Å². The molecule has 0 aliphatic heterocycles. The Labute approximate surface area is 227 Å². The third kappa shape index (κ3) is 13.8. The molecule has 1 aromatic rings. The third-order valence-corrected chi connectivity index (χ3v) is 5.38. The smallest absolute Gasteiger partial charge is 0.311 e. The number of hydrogen-bond donors (Lipinski definition) is 2. The summed E-state index contributed by atoms with van der Waals surface area (Å²) in [5.41, 5.74) is -0.688. The number of hydrogen-bond acceptors (Lipinski definition) is 6. The average molecular weight is 565 g/mol. The maximum atomic E-state index is 13.6. The van der Waals surface area contributed by atoms with Crippen molar-refractivity contribution in [3.8, 4) is 5.75 Å². The molecule has 0 saturated heterocycles. The Hall–Kier alpha value is -2.73. The molecular weight excluding hydrogens is 524 g/mol. The molecule has 0 heterocycles. The van der Waals surface area contributed by atoms with Crippen LogP contribution < -0.4 is 15.4 Å². The quantitative estimate of drug-likeness (QED) is 0.0954. The molecule has 0 aliphatic carbocycles. The second-order valence-corrected chi connectivity index (χ2v) is 11.2. The molecule has 0 aliphatic rings. The van der Waals surface area contributed by atoms with Gasteiger partial charge in [0.15, 0.2) is 11.6 Å². The average Bonchev–Trinajstić information content (AvgIpc) is 2.84. The minimum Gasteiger partial charge on any atom is -0.420 e. The van der Waals surface area contributed by atoms with Crippen molar-refractivity contribution in [3.05, 3.63) is 29.3 Å². The molecule has 39 heavy (non-hydrogen) atoms. The lowest BCUT2D eigenvalue weighted by Crippen LogP contribution is -2.40. The van der Waals surface area contributed by atoms with Crippen LogP contribution in [0.4, 0.5) is 17.6 Å². The lowest BCUT2D eigenvalue weighted by atomic mass is 9.93. The molecule has 0 aromatic heterocycles. The number of ether oxygens (including phenoxy) is 3. The summed E-state index contributed by atoms with van der Waals surface area (Å²) in [6.07, 6.45) is 0.204. The molecule has 0 saturated carbocycles. The highest BCUT2D eigenvalue weighted by Crippen LogP contribution is 2.27. The number of rotatable bonds is 17. The first-order valence-electron chi connectivity index (χ1n) is 12.8. The second kappa shape index (κ2) is 15.8. The van der Waals surface area contributed by atoms with Crippen molar-refractivity contribution in [1.29, 1.82) is 0 Å². The van der Waals surface area contributed by atoms with E-state index in [9.17, 15) is 31.9 Å². The van der Waals surface area contributed by atoms with Crippen molar-refractivity contribution >= 4 is 17.8 Å². The van der Waals surface area contributed by atoms with E-state index in [1.807, 2.05) is 41.5 Å². The zero-order valence-electron chi connectivity index (χ0n) is 23.5. The lowest BCUT2D eigenvalue weighted by Gasteiger charge is -2.29. The summed E-state index contributed by atoms with van der Waals surface area (Å²) in [5, 5.41) is 5.63. The number of esters is 1. The number of carbonyl (C=O) groups is 3. The molecule has 12 heteroatoms. The monoisotopic (exact) mass is 564 g/mol. The highest BCUT2D eigenvalue weighted by molar-refractivity contribution is 5.77. The summed E-state index contributed by atoms with van der Waals surface area (Å²) in [4.78, 5) is 35.8. The van der Waals surface area contributed by atoms with Gasteiger partial charge in [0.1, 0.15) is 6.61 Å². The van der Waals surface area contributed by atoms with Gasteiger partial charge in [-0.25, -0.2) is 8.78 Å². The van der Waals surface area contributed by atoms with E-state index in [0.717, 1.165) is 0 Å². The van der Waals surface area contributed by atoms with E-state index in [4.69, 9.17) is 9.47 Å². The molecule has 0 atom stereocenters. The van der Waals surface area contributed by atoms with Crippen molar-refractivity contribution in [2.75, 3.05) is 32.9 Å². The van der Waals surface area contributed by atoms with Crippen LogP contribution in [-0.4, -0.2) is 56.8 Å². The number of unbranched alkanes of at least 4 members (excludes halogenated alkanes) is 1. The van der Waals surface area contributed by atoms with Gasteiger partial charge in [0.25, 0.3) is 0 Å². The second-order valence-electron chi connectivity index (χ2n) is 11.2. The SMILES string of the molecule is CC(C)OCC(=O)NCC(C)(C)COCC(C)(C)CNC(=O)CCCCC(=O)Oc1c(F)c(F)cc(F)c1F. The molecular formula is C27H40F4N2O6. The van der Waals surface area contributed by atoms with E-state index < -0.39 is 35.0 Å². The number of nitrogens with one attached hydrogen (secondary N) is 2. The summed E-state index contributed by atoms with van der Waals surface area (Å²) in [6, 6.07) is 0.0163. The molecule has 0 radical (unpaired) electrons. The fourth-order valence-electron chi connectivity index (χ4n) is 3.12. The van der Waals surface area contributed by atoms with Gasteiger partial charge in [-0.05, 0) is 26.7 Å². The van der Waals surface area contributed by atoms with Crippen LogP contribution in [0.15, 0.2) is 6.07 Å². The van der Waals surface area contributed by atoms with Crippen LogP contribution in [0.1, 0.15) is 67.2 Å². The largest absolute Gasteiger partial charge is 0.420 e. The molecule has 0 bridgehead atoms. The minimum absolute atomic E-state index is 0.00151. The van der Waals surface area contributed by atoms with Crippen LogP contribution >= 0.6 is 0 Å². The van der Waals surface area contributed by atoms with Crippen molar-refractivity contribution in [3.63, 3.8) is 0 Å². The lowest BCUT2D eigenvalue weighted by molar-refractivity contribution is -0.135. The topological polar surface area (TPSA) is 103 Å². The Kier molecular flexibility index (Phi) is 13.9. The van der Waals surface area contributed by atoms with Crippen LogP contribution in [0.3, 0.4) is 0 Å². The van der Waals surface area contributed by atoms with Crippen molar-refractivity contribution in [1.82, 2.24) is 10.6 Å². The van der Waals surface area contributed by atoms with E-state index in [1.165, 1.54) is 0 Å². The van der Waals surface area contributed by atoms with E-state index in [-0.39, 0.29) is 67.1 Å². The minimum atomic E-state index is -1.80. The molecule has 1 aromatic carbocycles. The van der Waals surface area contributed by atoms with Crippen LogP contribution in [0.2, 0.25) is 0 Å². The van der Waals surface area contributed by atoms with E-state index in [0.29, 0.717) is 26.3 Å². The van der Waals surface area contributed by atoms with Gasteiger partial charge in [0.2, 0.25) is 29.2 Å². The van der Waals surface area contributed by atoms with Crippen LogP contribution in [0.5, 0.6) is 5.75 Å². The summed E-state index contributed by atoms with van der Waals surface area (Å²) in [7, 11) is 0. The Morgan fingerprint density at radius 2 is 1.31 bits per heavy atom. The number of halogens is 4. The maximum absolute atomic E-state index is 13.6. The van der Waals surface area contributed by atoms with E-state index in [1.54, 1.807) is 0 Å². The maximum Gasteiger partial charge on any atom is 0.311 e. The van der Waals surface area contributed by atoms with Crippen molar-refractivity contribution in [2.45, 2.75) is 73.3 Å². The van der Waals surface area contributed by atoms with Gasteiger partial charge in [-0.1, -0.05) is 27.7 Å². The summed E-state index contributed by atoms with van der Waals surface area (Å²) < 4.78 is 69.1. The Morgan fingerprint density at radius 3 is 1.82 bits per heavy atom. The van der Waals surface area contributed by atoms with Crippen LogP contribution in [0.25, 0.3) is 0 Å². The van der Waals surface area contributed by atoms with Gasteiger partial charge >= 0.3 is 5.97 Å². The third-order valence-electron chi connectivity index (χ3n) is 5.38. The van der Waals surface area contributed by atoms with E-state index >= 15 is 0 Å². The molecule has 8 nitrogen and oxygen atoms in total. The zero-order chi connectivity index (χ0) is 29.8. The summed E-state index contributed by atoms with van der Waals surface area (Å²) in [5.74, 6) is -9.91. The molecule has 2 N–H and O–H groups in total. The fourth-order valence-corrected chi connectivity index (χ4v) is 3.12. The number of carbonyl (C=O) groups excluding carboxylic acids is 3. The molecule has 2 amide bonds.